The molecular weight excluding hydrogens is 304 g/mol. The van der Waals surface area contributed by atoms with E-state index in [-0.39, 0.29) is 18.6 Å². The summed E-state index contributed by atoms with van der Waals surface area (Å²) in [6, 6.07) is 7.97. The molecule has 5 nitrogen and oxygen atoms in total. The number of hydrogen-bond donors (Lipinski definition) is 2. The molecule has 0 bridgehead atoms. The monoisotopic (exact) mass is 332 g/mol. The molecule has 132 valence electrons. The fourth-order valence-electron chi connectivity index (χ4n) is 2.65. The number of amides is 1. The lowest BCUT2D eigenvalue weighted by molar-refractivity contribution is -0.122. The second kappa shape index (κ2) is 7.79. The molecule has 1 unspecified atom stereocenters. The van der Waals surface area contributed by atoms with Crippen LogP contribution < -0.4 is 5.32 Å². The molecule has 1 aliphatic heterocycles. The molecule has 0 saturated carbocycles. The summed E-state index contributed by atoms with van der Waals surface area (Å²) in [4.78, 5) is 16.9. The second-order valence-corrected chi connectivity index (χ2v) is 7.34. The average Bonchev–Trinajstić information content (AvgIpc) is 2.96. The Bertz CT molecular complexity index is 608. The van der Waals surface area contributed by atoms with E-state index in [0.717, 1.165) is 11.1 Å². The highest BCUT2D eigenvalue weighted by atomic mass is 16.5. The molecule has 5 heteroatoms. The Labute approximate surface area is 144 Å². The summed E-state index contributed by atoms with van der Waals surface area (Å²) >= 11 is 0. The maximum atomic E-state index is 12.2. The summed E-state index contributed by atoms with van der Waals surface area (Å²) in [5.41, 5.74) is 1.43. The number of carbonyl (C=O) groups excluding carboxylic acids is 1. The first-order valence-corrected chi connectivity index (χ1v) is 8.52. The van der Waals surface area contributed by atoms with Crippen molar-refractivity contribution in [3.05, 3.63) is 35.4 Å². The van der Waals surface area contributed by atoms with Crippen molar-refractivity contribution in [3.8, 4) is 0 Å². The van der Waals surface area contributed by atoms with Gasteiger partial charge in [-0.3, -0.25) is 4.79 Å². The van der Waals surface area contributed by atoms with Gasteiger partial charge in [0.15, 0.2) is 0 Å². The van der Waals surface area contributed by atoms with E-state index < -0.39 is 5.54 Å². The summed E-state index contributed by atoms with van der Waals surface area (Å²) in [5.74, 6) is 1.06. The molecule has 0 radical (unpaired) electrons. The van der Waals surface area contributed by atoms with Crippen molar-refractivity contribution >= 4 is 11.8 Å². The van der Waals surface area contributed by atoms with Crippen LogP contribution in [-0.4, -0.2) is 41.7 Å². The van der Waals surface area contributed by atoms with Gasteiger partial charge in [-0.1, -0.05) is 26.0 Å². The number of benzene rings is 1. The van der Waals surface area contributed by atoms with Crippen LogP contribution in [0.15, 0.2) is 29.3 Å². The molecule has 24 heavy (non-hydrogen) atoms. The summed E-state index contributed by atoms with van der Waals surface area (Å²) in [5, 5.41) is 12.0. The Morgan fingerprint density at radius 1 is 1.46 bits per heavy atom. The normalized spacial score (nSPS) is 17.6. The molecule has 1 aromatic rings. The van der Waals surface area contributed by atoms with E-state index in [9.17, 15) is 4.79 Å². The first-order valence-electron chi connectivity index (χ1n) is 8.52. The van der Waals surface area contributed by atoms with E-state index in [1.807, 2.05) is 38.1 Å². The summed E-state index contributed by atoms with van der Waals surface area (Å²) in [7, 11) is 0. The van der Waals surface area contributed by atoms with Gasteiger partial charge in [-0.25, -0.2) is 4.99 Å². The maximum Gasteiger partial charge on any atom is 0.224 e. The minimum atomic E-state index is -0.410. The second-order valence-electron chi connectivity index (χ2n) is 7.34. The Hall–Kier alpha value is -1.88. The van der Waals surface area contributed by atoms with Crippen molar-refractivity contribution in [2.24, 2.45) is 10.9 Å². The van der Waals surface area contributed by atoms with Crippen LogP contribution >= 0.6 is 0 Å². The Balaban J connectivity index is 2.03. The number of rotatable bonds is 7. The summed E-state index contributed by atoms with van der Waals surface area (Å²) < 4.78 is 5.71. The first-order chi connectivity index (χ1) is 11.3. The molecule has 1 atom stereocenters. The van der Waals surface area contributed by atoms with Crippen LogP contribution in [0.5, 0.6) is 0 Å². The van der Waals surface area contributed by atoms with Gasteiger partial charge >= 0.3 is 0 Å². The van der Waals surface area contributed by atoms with Gasteiger partial charge < -0.3 is 15.2 Å². The van der Waals surface area contributed by atoms with Crippen LogP contribution in [0.25, 0.3) is 0 Å². The third kappa shape index (κ3) is 5.06. The quantitative estimate of drug-likeness (QED) is 0.805. The number of nitrogens with zero attached hydrogens (tertiary/aromatic N) is 1. The number of carbonyl (C=O) groups is 1. The zero-order valence-corrected chi connectivity index (χ0v) is 15.0. The largest absolute Gasteiger partial charge is 0.475 e. The lowest BCUT2D eigenvalue weighted by Gasteiger charge is -2.25. The zero-order chi connectivity index (χ0) is 17.7. The molecule has 1 heterocycles. The number of aliphatic hydroxyl groups excluding tert-OH is 1. The van der Waals surface area contributed by atoms with Crippen LogP contribution in [-0.2, 0) is 16.0 Å². The van der Waals surface area contributed by atoms with Gasteiger partial charge in [-0.15, -0.1) is 0 Å². The summed E-state index contributed by atoms with van der Waals surface area (Å²) in [6.07, 6.45) is 0.823. The number of aliphatic imine (C=N–C) groups is 1. The van der Waals surface area contributed by atoms with Gasteiger partial charge in [0.2, 0.25) is 11.8 Å². The third-order valence-electron chi connectivity index (χ3n) is 4.20. The highest BCUT2D eigenvalue weighted by Gasteiger charge is 2.23. The molecule has 0 saturated heterocycles. The van der Waals surface area contributed by atoms with E-state index in [0.29, 0.717) is 31.3 Å². The Morgan fingerprint density at radius 3 is 2.83 bits per heavy atom. The number of aliphatic hydroxyl groups is 1. The molecule has 1 aromatic carbocycles. The van der Waals surface area contributed by atoms with Crippen molar-refractivity contribution in [2.75, 3.05) is 13.2 Å². The van der Waals surface area contributed by atoms with Crippen molar-refractivity contribution < 1.29 is 14.6 Å². The molecule has 0 aliphatic carbocycles. The summed E-state index contributed by atoms with van der Waals surface area (Å²) in [6.45, 7) is 8.75. The van der Waals surface area contributed by atoms with Crippen molar-refractivity contribution in [2.45, 2.75) is 52.1 Å². The van der Waals surface area contributed by atoms with Crippen molar-refractivity contribution in [1.29, 1.82) is 0 Å². The van der Waals surface area contributed by atoms with E-state index in [4.69, 9.17) is 9.84 Å². The molecule has 0 fully saturated rings. The Kier molecular flexibility index (Phi) is 5.99. The van der Waals surface area contributed by atoms with Gasteiger partial charge in [-0.2, -0.15) is 0 Å². The molecule has 0 aromatic heterocycles. The Morgan fingerprint density at radius 2 is 2.21 bits per heavy atom. The van der Waals surface area contributed by atoms with Gasteiger partial charge in [-0.05, 0) is 43.9 Å². The average molecular weight is 332 g/mol. The minimum Gasteiger partial charge on any atom is -0.475 e. The van der Waals surface area contributed by atoms with E-state index in [2.05, 4.69) is 24.2 Å². The number of nitrogens with one attached hydrogen (secondary N) is 1. The highest BCUT2D eigenvalue weighted by molar-refractivity contribution is 5.95. The van der Waals surface area contributed by atoms with Crippen LogP contribution in [0.3, 0.4) is 0 Å². The fourth-order valence-corrected chi connectivity index (χ4v) is 2.65. The topological polar surface area (TPSA) is 70.9 Å². The van der Waals surface area contributed by atoms with Crippen LogP contribution in [0.4, 0.5) is 0 Å². The lowest BCUT2D eigenvalue weighted by Crippen LogP contribution is -2.44. The molecular formula is C19H28N2O3. The number of hydrogen-bond acceptors (Lipinski definition) is 4. The SMILES string of the molecule is CC(C)C1COC(c2cccc(CC(=O)NC(C)(C)CCO)c2)=N1. The van der Waals surface area contributed by atoms with Gasteiger partial charge in [0.05, 0.1) is 12.5 Å². The molecule has 1 amide bonds. The fraction of sp³-hybridized carbons (Fsp3) is 0.579. The number of ether oxygens (including phenoxy) is 1. The molecule has 1 aliphatic rings. The van der Waals surface area contributed by atoms with E-state index >= 15 is 0 Å². The van der Waals surface area contributed by atoms with Crippen LogP contribution in [0, 0.1) is 5.92 Å². The standard InChI is InChI=1S/C19H28N2O3/c1-13(2)16-12-24-18(20-16)15-7-5-6-14(10-15)11-17(23)21-19(3,4)8-9-22/h5-7,10,13,16,22H,8-9,11-12H2,1-4H3,(H,21,23). The maximum absolute atomic E-state index is 12.2. The predicted molar refractivity (Wildman–Crippen MR) is 95.2 cm³/mol. The lowest BCUT2D eigenvalue weighted by atomic mass is 10.0. The molecule has 0 spiro atoms. The van der Waals surface area contributed by atoms with Crippen LogP contribution in [0.2, 0.25) is 0 Å². The zero-order valence-electron chi connectivity index (χ0n) is 15.0. The highest BCUT2D eigenvalue weighted by Crippen LogP contribution is 2.18. The molecule has 2 N–H and O–H groups in total. The van der Waals surface area contributed by atoms with Gasteiger partial charge in [0.25, 0.3) is 0 Å². The van der Waals surface area contributed by atoms with E-state index in [1.54, 1.807) is 0 Å². The van der Waals surface area contributed by atoms with Crippen molar-refractivity contribution in [3.63, 3.8) is 0 Å². The van der Waals surface area contributed by atoms with Crippen LogP contribution in [0.1, 0.15) is 45.2 Å². The predicted octanol–water partition coefficient (Wildman–Crippen LogP) is 2.31. The van der Waals surface area contributed by atoms with Gasteiger partial charge in [0, 0.05) is 17.7 Å². The smallest absolute Gasteiger partial charge is 0.224 e. The first kappa shape index (κ1) is 18.5. The molecule has 2 rings (SSSR count). The minimum absolute atomic E-state index is 0.0525. The third-order valence-corrected chi connectivity index (χ3v) is 4.20. The van der Waals surface area contributed by atoms with E-state index in [1.165, 1.54) is 0 Å². The van der Waals surface area contributed by atoms with Crippen molar-refractivity contribution in [1.82, 2.24) is 5.32 Å². The van der Waals surface area contributed by atoms with Gasteiger partial charge in [0.1, 0.15) is 6.61 Å².